The Bertz CT molecular complexity index is 548. The van der Waals surface area contributed by atoms with Gasteiger partial charge in [0.1, 0.15) is 0 Å². The van der Waals surface area contributed by atoms with Gasteiger partial charge in [-0.15, -0.1) is 0 Å². The minimum atomic E-state index is 0.665. The van der Waals surface area contributed by atoms with Gasteiger partial charge in [0.05, 0.1) is 0 Å². The molecule has 4 aliphatic rings. The summed E-state index contributed by atoms with van der Waals surface area (Å²) in [5, 5.41) is 0. The predicted molar refractivity (Wildman–Crippen MR) is 127 cm³/mol. The lowest BCUT2D eigenvalue weighted by Crippen LogP contribution is -2.53. The Kier molecular flexibility index (Phi) is 6.51. The molecule has 4 aliphatic carbocycles. The quantitative estimate of drug-likeness (QED) is 0.417. The van der Waals surface area contributed by atoms with Crippen LogP contribution in [0.5, 0.6) is 0 Å². The Morgan fingerprint density at radius 2 is 1.52 bits per heavy atom. The van der Waals surface area contributed by atoms with E-state index in [9.17, 15) is 0 Å². The number of fused-ring (bicyclic) bond motifs is 5. The van der Waals surface area contributed by atoms with Crippen LogP contribution in [0.1, 0.15) is 125 Å². The fraction of sp³-hybridized carbons (Fsp3) is 1.00. The molecule has 0 N–H and O–H groups in total. The van der Waals surface area contributed by atoms with Crippen LogP contribution in [0.15, 0.2) is 0 Å². The largest absolute Gasteiger partial charge is 0.0651 e. The van der Waals surface area contributed by atoms with Crippen LogP contribution in [-0.4, -0.2) is 0 Å². The first-order valence-electron chi connectivity index (χ1n) is 13.8. The van der Waals surface area contributed by atoms with E-state index in [-0.39, 0.29) is 0 Å². The van der Waals surface area contributed by atoms with Crippen molar-refractivity contribution in [3.05, 3.63) is 0 Å². The molecule has 0 aromatic carbocycles. The summed E-state index contributed by atoms with van der Waals surface area (Å²) in [6, 6.07) is 0. The maximum absolute atomic E-state index is 2.76. The zero-order valence-corrected chi connectivity index (χ0v) is 20.8. The Morgan fingerprint density at radius 3 is 2.24 bits per heavy atom. The topological polar surface area (TPSA) is 0 Å². The van der Waals surface area contributed by atoms with Crippen molar-refractivity contribution in [2.45, 2.75) is 125 Å². The summed E-state index contributed by atoms with van der Waals surface area (Å²) in [6.45, 7) is 15.4. The van der Waals surface area contributed by atoms with Crippen LogP contribution < -0.4 is 0 Å². The fourth-order valence-corrected chi connectivity index (χ4v) is 9.96. The van der Waals surface area contributed by atoms with E-state index in [4.69, 9.17) is 0 Å². The maximum atomic E-state index is 2.76. The molecule has 0 aromatic heterocycles. The zero-order valence-electron chi connectivity index (χ0n) is 20.8. The van der Waals surface area contributed by atoms with Gasteiger partial charge in [-0.1, -0.05) is 67.2 Å². The molecule has 0 aromatic rings. The molecule has 29 heavy (non-hydrogen) atoms. The summed E-state index contributed by atoms with van der Waals surface area (Å²) < 4.78 is 0. The van der Waals surface area contributed by atoms with Crippen LogP contribution in [0.2, 0.25) is 0 Å². The van der Waals surface area contributed by atoms with Crippen molar-refractivity contribution < 1.29 is 0 Å². The van der Waals surface area contributed by atoms with Crippen LogP contribution >= 0.6 is 0 Å². The molecule has 0 nitrogen and oxygen atoms in total. The van der Waals surface area contributed by atoms with Crippen LogP contribution in [-0.2, 0) is 0 Å². The van der Waals surface area contributed by atoms with Gasteiger partial charge < -0.3 is 0 Å². The van der Waals surface area contributed by atoms with Crippen molar-refractivity contribution in [1.82, 2.24) is 0 Å². The molecule has 0 radical (unpaired) electrons. The van der Waals surface area contributed by atoms with Crippen molar-refractivity contribution in [2.75, 3.05) is 0 Å². The van der Waals surface area contributed by atoms with Crippen molar-refractivity contribution in [2.24, 2.45) is 58.2 Å². The lowest BCUT2D eigenvalue weighted by molar-refractivity contribution is -0.114. The van der Waals surface area contributed by atoms with E-state index in [1.807, 2.05) is 0 Å². The summed E-state index contributed by atoms with van der Waals surface area (Å²) >= 11 is 0. The molecule has 0 heteroatoms. The highest BCUT2D eigenvalue weighted by atomic mass is 14.6. The second-order valence-corrected chi connectivity index (χ2v) is 13.1. The molecule has 4 fully saturated rings. The molecular weight excluding hydrogens is 348 g/mol. The molecule has 0 bridgehead atoms. The minimum Gasteiger partial charge on any atom is -0.0651 e. The summed E-state index contributed by atoms with van der Waals surface area (Å²) in [6.07, 6.45) is 19.8. The molecule has 8 unspecified atom stereocenters. The van der Waals surface area contributed by atoms with Gasteiger partial charge in [0.15, 0.2) is 0 Å². The average Bonchev–Trinajstić information content (AvgIpc) is 3.05. The fourth-order valence-electron chi connectivity index (χ4n) is 9.96. The van der Waals surface area contributed by atoms with Gasteiger partial charge in [-0.05, 0) is 116 Å². The number of hydrogen-bond acceptors (Lipinski definition) is 0. The first kappa shape index (κ1) is 22.2. The Hall–Kier alpha value is 0. The van der Waals surface area contributed by atoms with E-state index in [0.717, 1.165) is 47.3 Å². The van der Waals surface area contributed by atoms with Crippen molar-refractivity contribution >= 4 is 0 Å². The standard InChI is InChI=1S/C29H52/c1-7-22(20(2)3)12-11-21(4)25-15-16-26-24-14-13-23-10-8-9-18-28(23,5)27(24)17-19-29(25,26)6/h20-27H,7-19H2,1-6H3/t21-,22?,23?,24?,25?,26?,27?,28?,29?/m1/s1. The molecule has 0 heterocycles. The molecule has 0 amide bonds. The third-order valence-electron chi connectivity index (χ3n) is 11.8. The van der Waals surface area contributed by atoms with Gasteiger partial charge in [-0.25, -0.2) is 0 Å². The van der Waals surface area contributed by atoms with E-state index in [1.165, 1.54) is 32.1 Å². The minimum absolute atomic E-state index is 0.665. The third-order valence-corrected chi connectivity index (χ3v) is 11.8. The first-order chi connectivity index (χ1) is 13.8. The molecule has 9 atom stereocenters. The highest BCUT2D eigenvalue weighted by Crippen LogP contribution is 2.68. The molecule has 4 saturated carbocycles. The van der Waals surface area contributed by atoms with Crippen LogP contribution in [0.3, 0.4) is 0 Å². The normalized spacial score (nSPS) is 46.7. The molecular formula is C29H52. The van der Waals surface area contributed by atoms with Crippen LogP contribution in [0.4, 0.5) is 0 Å². The zero-order chi connectivity index (χ0) is 20.8. The molecule has 4 rings (SSSR count). The predicted octanol–water partition coefficient (Wildman–Crippen LogP) is 9.13. The second-order valence-electron chi connectivity index (χ2n) is 13.1. The third kappa shape index (κ3) is 3.75. The van der Waals surface area contributed by atoms with Gasteiger partial charge in [0.25, 0.3) is 0 Å². The summed E-state index contributed by atoms with van der Waals surface area (Å²) in [5.74, 6) is 8.02. The van der Waals surface area contributed by atoms with Gasteiger partial charge in [0, 0.05) is 0 Å². The van der Waals surface area contributed by atoms with Gasteiger partial charge in [0.2, 0.25) is 0 Å². The van der Waals surface area contributed by atoms with Gasteiger partial charge in [-0.3, -0.25) is 0 Å². The van der Waals surface area contributed by atoms with E-state index in [1.54, 1.807) is 51.4 Å². The summed E-state index contributed by atoms with van der Waals surface area (Å²) in [5.41, 5.74) is 1.37. The number of hydrogen-bond donors (Lipinski definition) is 0. The highest BCUT2D eigenvalue weighted by molar-refractivity contribution is 5.09. The summed E-state index contributed by atoms with van der Waals surface area (Å²) in [7, 11) is 0. The second kappa shape index (κ2) is 8.50. The smallest absolute Gasteiger partial charge is 0.0264 e. The Morgan fingerprint density at radius 1 is 0.759 bits per heavy atom. The van der Waals surface area contributed by atoms with Crippen molar-refractivity contribution in [3.63, 3.8) is 0 Å². The molecule has 0 saturated heterocycles. The lowest BCUT2D eigenvalue weighted by Gasteiger charge is -2.61. The summed E-state index contributed by atoms with van der Waals surface area (Å²) in [4.78, 5) is 0. The first-order valence-corrected chi connectivity index (χ1v) is 13.8. The maximum Gasteiger partial charge on any atom is -0.0264 e. The lowest BCUT2D eigenvalue weighted by atomic mass is 9.44. The van der Waals surface area contributed by atoms with Crippen molar-refractivity contribution in [1.29, 1.82) is 0 Å². The van der Waals surface area contributed by atoms with Crippen LogP contribution in [0, 0.1) is 58.2 Å². The SMILES string of the molecule is CCC(CC[C@@H](C)C1CCC2C3CCC4CCCCC4(C)C3CCC21C)C(C)C. The monoisotopic (exact) mass is 400 g/mol. The molecule has 0 aliphatic heterocycles. The molecule has 168 valence electrons. The Labute approximate surface area is 183 Å². The van der Waals surface area contributed by atoms with Gasteiger partial charge in [-0.2, -0.15) is 0 Å². The van der Waals surface area contributed by atoms with Gasteiger partial charge >= 0.3 is 0 Å². The van der Waals surface area contributed by atoms with E-state index in [2.05, 4.69) is 41.5 Å². The average molecular weight is 401 g/mol. The molecule has 0 spiro atoms. The highest BCUT2D eigenvalue weighted by Gasteiger charge is 2.60. The van der Waals surface area contributed by atoms with E-state index >= 15 is 0 Å². The van der Waals surface area contributed by atoms with Crippen molar-refractivity contribution in [3.8, 4) is 0 Å². The number of rotatable bonds is 6. The van der Waals surface area contributed by atoms with E-state index in [0.29, 0.717) is 10.8 Å². The van der Waals surface area contributed by atoms with Crippen LogP contribution in [0.25, 0.3) is 0 Å². The van der Waals surface area contributed by atoms with E-state index < -0.39 is 0 Å². The Balaban J connectivity index is 1.45.